The fourth-order valence-electron chi connectivity index (χ4n) is 8.10. The van der Waals surface area contributed by atoms with E-state index in [2.05, 4.69) is 12.1 Å². The maximum absolute atomic E-state index is 9.61. The maximum atomic E-state index is 9.61. The van der Waals surface area contributed by atoms with Crippen molar-refractivity contribution in [1.82, 2.24) is 0 Å². The fraction of sp³-hybridized carbons (Fsp3) is 0. The summed E-state index contributed by atoms with van der Waals surface area (Å²) in [5, 5.41) is 8.27. The summed E-state index contributed by atoms with van der Waals surface area (Å²) in [6, 6.07) is 40.5. The predicted octanol–water partition coefficient (Wildman–Crippen LogP) is 14.4. The highest BCUT2D eigenvalue weighted by molar-refractivity contribution is 6.26. The molecule has 51 heavy (non-hydrogen) atoms. The van der Waals surface area contributed by atoms with Gasteiger partial charge in [0.05, 0.1) is 11.0 Å². The van der Waals surface area contributed by atoms with Crippen LogP contribution in [0.3, 0.4) is 0 Å². The van der Waals surface area contributed by atoms with Crippen LogP contribution in [0.25, 0.3) is 109 Å². The first-order chi connectivity index (χ1) is 28.6. The van der Waals surface area contributed by atoms with Crippen LogP contribution in [-0.4, -0.2) is 0 Å². The third-order valence-corrected chi connectivity index (χ3v) is 10.3. The minimum atomic E-state index is -0.439. The first kappa shape index (κ1) is 21.4. The Labute approximate surface area is 305 Å². The summed E-state index contributed by atoms with van der Waals surface area (Å²) in [5.74, 6) is 0. The molecule has 0 saturated heterocycles. The summed E-state index contributed by atoms with van der Waals surface area (Å²) in [6.45, 7) is 0. The molecule has 0 atom stereocenters. The van der Waals surface area contributed by atoms with Crippen molar-refractivity contribution in [2.75, 3.05) is 0 Å². The van der Waals surface area contributed by atoms with Gasteiger partial charge in [0.15, 0.2) is 0 Å². The van der Waals surface area contributed by atoms with E-state index in [-0.39, 0.29) is 45.7 Å². The average molecular weight is 655 g/mol. The maximum Gasteiger partial charge on any atom is 0.136 e. The lowest BCUT2D eigenvalue weighted by Gasteiger charge is -2.21. The number of rotatable bonds is 3. The lowest BCUT2D eigenvalue weighted by molar-refractivity contribution is 0.669. The molecule has 0 saturated carbocycles. The minimum absolute atomic E-state index is 0.171. The second kappa shape index (κ2) is 10.9. The van der Waals surface area contributed by atoms with E-state index in [0.717, 1.165) is 59.8 Å². The van der Waals surface area contributed by atoms with Crippen LogP contribution in [0.15, 0.2) is 186 Å². The topological polar surface area (TPSA) is 13.1 Å². The molecule has 0 aliphatic heterocycles. The SMILES string of the molecule is [2H]c1c([2H])c([2H])c2c(-c3cccc4ccccc34)c3c([2H])c([2H])c([2H])c([2H])c3c(-c3ccc4ccccc4c3-c3ccc4c(c3)oc3ccc5ccccc5c34)c2c1[2H]. The zero-order chi connectivity index (χ0) is 40.4. The molecular formula is C50H30O. The molecule has 0 unspecified atom stereocenters. The van der Waals surface area contributed by atoms with Crippen molar-refractivity contribution in [3.63, 3.8) is 0 Å². The Balaban J connectivity index is 1.36. The minimum Gasteiger partial charge on any atom is -0.456 e. The van der Waals surface area contributed by atoms with E-state index in [9.17, 15) is 5.48 Å². The highest BCUT2D eigenvalue weighted by Gasteiger charge is 2.22. The second-order valence-electron chi connectivity index (χ2n) is 13.0. The van der Waals surface area contributed by atoms with Gasteiger partial charge < -0.3 is 4.42 Å². The van der Waals surface area contributed by atoms with Crippen LogP contribution in [0, 0.1) is 0 Å². The second-order valence-corrected chi connectivity index (χ2v) is 13.0. The summed E-state index contributed by atoms with van der Waals surface area (Å²) < 4.78 is 80.7. The van der Waals surface area contributed by atoms with E-state index in [4.69, 9.17) is 9.90 Å². The Bertz CT molecular complexity index is 3580. The van der Waals surface area contributed by atoms with Crippen LogP contribution >= 0.6 is 0 Å². The molecular weight excluding hydrogens is 617 g/mol. The highest BCUT2D eigenvalue weighted by atomic mass is 16.3. The number of benzene rings is 10. The van der Waals surface area contributed by atoms with Gasteiger partial charge in [0.2, 0.25) is 0 Å². The Hall–Kier alpha value is -6.70. The van der Waals surface area contributed by atoms with Gasteiger partial charge in [-0.25, -0.2) is 0 Å². The molecule has 0 bridgehead atoms. The van der Waals surface area contributed by atoms with Gasteiger partial charge in [0, 0.05) is 10.8 Å². The van der Waals surface area contributed by atoms with Crippen molar-refractivity contribution in [3.8, 4) is 33.4 Å². The fourth-order valence-corrected chi connectivity index (χ4v) is 8.10. The number of hydrogen-bond donors (Lipinski definition) is 0. The lowest BCUT2D eigenvalue weighted by Crippen LogP contribution is -1.94. The van der Waals surface area contributed by atoms with E-state index < -0.39 is 24.2 Å². The standard InChI is InChI=1S/C50H30O/c1-4-16-35-31(12-1)15-11-23-38(35)48-39-19-7-9-21-41(39)49(42-22-10-8-20-40(42)48)44-28-24-32-13-2-5-17-36(32)47(44)34-25-27-43-46(30-34)51-45-29-26-33-14-3-6-18-37(33)50(43)45/h1-30H/i7D,8D,9D,10D,19D,20D,21D,22D. The summed E-state index contributed by atoms with van der Waals surface area (Å²) in [7, 11) is 0. The van der Waals surface area contributed by atoms with Gasteiger partial charge in [-0.2, -0.15) is 0 Å². The van der Waals surface area contributed by atoms with E-state index in [1.165, 1.54) is 0 Å². The molecule has 236 valence electrons. The van der Waals surface area contributed by atoms with E-state index in [1.54, 1.807) is 0 Å². The number of hydrogen-bond acceptors (Lipinski definition) is 1. The van der Waals surface area contributed by atoms with Crippen LogP contribution in [0.1, 0.15) is 11.0 Å². The van der Waals surface area contributed by atoms with Crippen molar-refractivity contribution < 1.29 is 15.4 Å². The van der Waals surface area contributed by atoms with Crippen LogP contribution < -0.4 is 0 Å². The molecule has 1 heteroatoms. The normalized spacial score (nSPS) is 14.1. The zero-order valence-electron chi connectivity index (χ0n) is 35.1. The van der Waals surface area contributed by atoms with Gasteiger partial charge in [-0.05, 0) is 105 Å². The molecule has 0 N–H and O–H groups in total. The van der Waals surface area contributed by atoms with Gasteiger partial charge >= 0.3 is 0 Å². The molecule has 0 spiro atoms. The molecule has 0 fully saturated rings. The first-order valence-corrected chi connectivity index (χ1v) is 16.9. The molecule has 1 aromatic heterocycles. The molecule has 10 aromatic carbocycles. The highest BCUT2D eigenvalue weighted by Crippen LogP contribution is 2.49. The molecule has 11 aromatic rings. The summed E-state index contributed by atoms with van der Waals surface area (Å²) >= 11 is 0. The van der Waals surface area contributed by atoms with Crippen molar-refractivity contribution in [2.24, 2.45) is 0 Å². The number of furan rings is 1. The quantitative estimate of drug-likeness (QED) is 0.173. The number of fused-ring (bicyclic) bond motifs is 9. The molecule has 0 aliphatic rings. The molecule has 1 heterocycles. The summed E-state index contributed by atoms with van der Waals surface area (Å²) in [4.78, 5) is 0. The van der Waals surface area contributed by atoms with E-state index in [0.29, 0.717) is 27.8 Å². The third kappa shape index (κ3) is 4.16. The van der Waals surface area contributed by atoms with E-state index in [1.807, 2.05) is 121 Å². The van der Waals surface area contributed by atoms with Gasteiger partial charge in [-0.1, -0.05) is 164 Å². The lowest BCUT2D eigenvalue weighted by atomic mass is 9.82. The summed E-state index contributed by atoms with van der Waals surface area (Å²) in [5.41, 5.74) is 4.70. The largest absolute Gasteiger partial charge is 0.456 e. The van der Waals surface area contributed by atoms with Gasteiger partial charge in [0.1, 0.15) is 11.2 Å². The smallest absolute Gasteiger partial charge is 0.136 e. The predicted molar refractivity (Wildman–Crippen MR) is 218 cm³/mol. The van der Waals surface area contributed by atoms with Crippen molar-refractivity contribution in [3.05, 3.63) is 182 Å². The third-order valence-electron chi connectivity index (χ3n) is 10.3. The Morgan fingerprint density at radius 3 is 1.61 bits per heavy atom. The van der Waals surface area contributed by atoms with Crippen molar-refractivity contribution in [2.45, 2.75) is 0 Å². The van der Waals surface area contributed by atoms with Crippen molar-refractivity contribution in [1.29, 1.82) is 0 Å². The molecule has 11 rings (SSSR count). The van der Waals surface area contributed by atoms with Gasteiger partial charge in [-0.15, -0.1) is 0 Å². The van der Waals surface area contributed by atoms with Gasteiger partial charge in [0.25, 0.3) is 0 Å². The van der Waals surface area contributed by atoms with Crippen LogP contribution in [0.4, 0.5) is 0 Å². The summed E-state index contributed by atoms with van der Waals surface area (Å²) in [6.07, 6.45) is 0. The Morgan fingerprint density at radius 1 is 0.353 bits per heavy atom. The molecule has 1 nitrogen and oxygen atoms in total. The van der Waals surface area contributed by atoms with Crippen molar-refractivity contribution >= 4 is 75.8 Å². The molecule has 0 amide bonds. The Kier molecular flexibility index (Phi) is 4.57. The first-order valence-electron chi connectivity index (χ1n) is 20.9. The average Bonchev–Trinajstić information content (AvgIpc) is 3.66. The monoisotopic (exact) mass is 654 g/mol. The van der Waals surface area contributed by atoms with E-state index >= 15 is 0 Å². The Morgan fingerprint density at radius 2 is 0.902 bits per heavy atom. The van der Waals surface area contributed by atoms with Crippen LogP contribution in [0.2, 0.25) is 0 Å². The molecule has 0 radical (unpaired) electrons. The van der Waals surface area contributed by atoms with Gasteiger partial charge in [-0.3, -0.25) is 0 Å². The van der Waals surface area contributed by atoms with Crippen LogP contribution in [-0.2, 0) is 0 Å². The van der Waals surface area contributed by atoms with Crippen LogP contribution in [0.5, 0.6) is 0 Å². The zero-order valence-corrected chi connectivity index (χ0v) is 27.1. The molecule has 0 aliphatic carbocycles.